The minimum absolute atomic E-state index is 0.471. The Morgan fingerprint density at radius 2 is 1.89 bits per heavy atom. The van der Waals surface area contributed by atoms with E-state index in [0.29, 0.717) is 11.5 Å². The second-order valence-corrected chi connectivity index (χ2v) is 7.74. The van der Waals surface area contributed by atoms with E-state index in [4.69, 9.17) is 0 Å². The molecular weight excluding hydrogens is 232 g/mol. The molecule has 2 heteroatoms. The Morgan fingerprint density at radius 3 is 2.53 bits per heavy atom. The van der Waals surface area contributed by atoms with Crippen LogP contribution in [0.3, 0.4) is 0 Å². The van der Waals surface area contributed by atoms with Crippen molar-refractivity contribution >= 4 is 0 Å². The lowest BCUT2D eigenvalue weighted by Gasteiger charge is -2.46. The quantitative estimate of drug-likeness (QED) is 0.758. The van der Waals surface area contributed by atoms with Crippen molar-refractivity contribution in [3.63, 3.8) is 0 Å². The molecule has 0 heterocycles. The van der Waals surface area contributed by atoms with Gasteiger partial charge in [0.25, 0.3) is 0 Å². The van der Waals surface area contributed by atoms with E-state index in [-0.39, 0.29) is 0 Å². The Hall–Kier alpha value is -0.0800. The van der Waals surface area contributed by atoms with Crippen LogP contribution in [0, 0.1) is 17.3 Å². The number of hydrogen-bond acceptors (Lipinski definition) is 2. The van der Waals surface area contributed by atoms with Gasteiger partial charge >= 0.3 is 0 Å². The number of nitrogens with zero attached hydrogens (tertiary/aromatic N) is 1. The van der Waals surface area contributed by atoms with Gasteiger partial charge in [0.2, 0.25) is 0 Å². The first-order valence-electron chi connectivity index (χ1n) is 8.45. The third kappa shape index (κ3) is 4.46. The third-order valence-electron chi connectivity index (χ3n) is 5.14. The van der Waals surface area contributed by atoms with Crippen molar-refractivity contribution in [3.05, 3.63) is 0 Å². The van der Waals surface area contributed by atoms with Crippen molar-refractivity contribution in [3.8, 4) is 0 Å². The highest BCUT2D eigenvalue weighted by atomic mass is 15.1. The highest BCUT2D eigenvalue weighted by Gasteiger charge is 2.39. The Kier molecular flexibility index (Phi) is 5.30. The highest BCUT2D eigenvalue weighted by molar-refractivity contribution is 4.94. The van der Waals surface area contributed by atoms with Gasteiger partial charge in [0, 0.05) is 19.1 Å². The van der Waals surface area contributed by atoms with Gasteiger partial charge in [-0.15, -0.1) is 0 Å². The van der Waals surface area contributed by atoms with Crippen molar-refractivity contribution in [2.75, 3.05) is 26.7 Å². The van der Waals surface area contributed by atoms with Crippen LogP contribution in [0.15, 0.2) is 0 Å². The molecule has 0 aliphatic heterocycles. The predicted octanol–water partition coefficient (Wildman–Crippen LogP) is 3.52. The van der Waals surface area contributed by atoms with Gasteiger partial charge in [-0.1, -0.05) is 27.2 Å². The zero-order valence-corrected chi connectivity index (χ0v) is 13.5. The summed E-state index contributed by atoms with van der Waals surface area (Å²) in [6.07, 6.45) is 8.41. The summed E-state index contributed by atoms with van der Waals surface area (Å²) in [4.78, 5) is 2.60. The van der Waals surface area contributed by atoms with Gasteiger partial charge in [0.1, 0.15) is 0 Å². The summed E-state index contributed by atoms with van der Waals surface area (Å²) in [6.45, 7) is 11.0. The SMILES string of the molecule is CCCNC1C(CN(C)CC2CC2)CCCC1(C)C. The Morgan fingerprint density at radius 1 is 1.16 bits per heavy atom. The van der Waals surface area contributed by atoms with Crippen LogP contribution in [-0.4, -0.2) is 37.6 Å². The van der Waals surface area contributed by atoms with Crippen LogP contribution in [0.2, 0.25) is 0 Å². The predicted molar refractivity (Wildman–Crippen MR) is 83.4 cm³/mol. The van der Waals surface area contributed by atoms with Gasteiger partial charge in [-0.05, 0) is 62.9 Å². The number of hydrogen-bond donors (Lipinski definition) is 1. The maximum Gasteiger partial charge on any atom is 0.0159 e. The summed E-state index contributed by atoms with van der Waals surface area (Å²) in [6, 6.07) is 0.711. The Labute approximate surface area is 120 Å². The fourth-order valence-electron chi connectivity index (χ4n) is 3.94. The van der Waals surface area contributed by atoms with Gasteiger partial charge in [0.05, 0.1) is 0 Å². The standard InChI is InChI=1S/C17H34N2/c1-5-11-18-16-15(7-6-10-17(16,2)3)13-19(4)12-14-8-9-14/h14-16,18H,5-13H2,1-4H3. The van der Waals surface area contributed by atoms with E-state index in [0.717, 1.165) is 11.8 Å². The molecular formula is C17H34N2. The van der Waals surface area contributed by atoms with Gasteiger partial charge in [0.15, 0.2) is 0 Å². The molecule has 2 atom stereocenters. The van der Waals surface area contributed by atoms with Gasteiger partial charge < -0.3 is 10.2 Å². The summed E-state index contributed by atoms with van der Waals surface area (Å²) in [5.41, 5.74) is 0.471. The summed E-state index contributed by atoms with van der Waals surface area (Å²) < 4.78 is 0. The van der Waals surface area contributed by atoms with Crippen LogP contribution in [0.4, 0.5) is 0 Å². The molecule has 0 radical (unpaired) electrons. The van der Waals surface area contributed by atoms with Crippen LogP contribution >= 0.6 is 0 Å². The molecule has 0 aromatic heterocycles. The van der Waals surface area contributed by atoms with Crippen LogP contribution in [0.25, 0.3) is 0 Å². The van der Waals surface area contributed by atoms with E-state index in [1.807, 2.05) is 0 Å². The number of rotatable bonds is 7. The fraction of sp³-hybridized carbons (Fsp3) is 1.00. The molecule has 2 aliphatic rings. The lowest BCUT2D eigenvalue weighted by atomic mass is 9.67. The molecule has 0 spiro atoms. The first-order valence-corrected chi connectivity index (χ1v) is 8.45. The zero-order chi connectivity index (χ0) is 13.9. The van der Waals surface area contributed by atoms with Crippen LogP contribution in [-0.2, 0) is 0 Å². The molecule has 2 fully saturated rings. The summed E-state index contributed by atoms with van der Waals surface area (Å²) >= 11 is 0. The second kappa shape index (κ2) is 6.58. The normalized spacial score (nSPS) is 30.8. The van der Waals surface area contributed by atoms with Crippen molar-refractivity contribution in [2.24, 2.45) is 17.3 Å². The first-order chi connectivity index (χ1) is 9.03. The van der Waals surface area contributed by atoms with Gasteiger partial charge in [-0.2, -0.15) is 0 Å². The van der Waals surface area contributed by atoms with Crippen LogP contribution in [0.5, 0.6) is 0 Å². The van der Waals surface area contributed by atoms with Crippen molar-refractivity contribution < 1.29 is 0 Å². The maximum absolute atomic E-state index is 3.86. The zero-order valence-electron chi connectivity index (χ0n) is 13.5. The molecule has 0 saturated heterocycles. The van der Waals surface area contributed by atoms with Gasteiger partial charge in [-0.25, -0.2) is 0 Å². The molecule has 0 aromatic rings. The van der Waals surface area contributed by atoms with E-state index in [1.54, 1.807) is 0 Å². The average molecular weight is 266 g/mol. The molecule has 0 amide bonds. The topological polar surface area (TPSA) is 15.3 Å². The van der Waals surface area contributed by atoms with E-state index in [2.05, 4.69) is 38.0 Å². The van der Waals surface area contributed by atoms with E-state index in [9.17, 15) is 0 Å². The average Bonchev–Trinajstić information content (AvgIpc) is 3.11. The molecule has 2 aliphatic carbocycles. The molecule has 0 aromatic carbocycles. The van der Waals surface area contributed by atoms with Crippen molar-refractivity contribution in [2.45, 2.75) is 65.3 Å². The molecule has 19 heavy (non-hydrogen) atoms. The largest absolute Gasteiger partial charge is 0.313 e. The van der Waals surface area contributed by atoms with Crippen molar-refractivity contribution in [1.29, 1.82) is 0 Å². The minimum Gasteiger partial charge on any atom is -0.313 e. The molecule has 2 nitrogen and oxygen atoms in total. The lowest BCUT2D eigenvalue weighted by Crippen LogP contribution is -2.52. The molecule has 1 N–H and O–H groups in total. The fourth-order valence-corrected chi connectivity index (χ4v) is 3.94. The summed E-state index contributed by atoms with van der Waals surface area (Å²) in [7, 11) is 2.33. The highest BCUT2D eigenvalue weighted by Crippen LogP contribution is 2.39. The first kappa shape index (κ1) is 15.3. The van der Waals surface area contributed by atoms with Crippen LogP contribution < -0.4 is 5.32 Å². The molecule has 2 rings (SSSR count). The monoisotopic (exact) mass is 266 g/mol. The Bertz CT molecular complexity index is 270. The molecule has 2 unspecified atom stereocenters. The van der Waals surface area contributed by atoms with E-state index < -0.39 is 0 Å². The summed E-state index contributed by atoms with van der Waals surface area (Å²) in [5.74, 6) is 1.86. The molecule has 0 bridgehead atoms. The van der Waals surface area contributed by atoms with Gasteiger partial charge in [-0.3, -0.25) is 0 Å². The maximum atomic E-state index is 3.86. The smallest absolute Gasteiger partial charge is 0.0159 e. The van der Waals surface area contributed by atoms with Crippen LogP contribution in [0.1, 0.15) is 59.3 Å². The third-order valence-corrected chi connectivity index (χ3v) is 5.14. The van der Waals surface area contributed by atoms with E-state index >= 15 is 0 Å². The van der Waals surface area contributed by atoms with Crippen molar-refractivity contribution in [1.82, 2.24) is 10.2 Å². The van der Waals surface area contributed by atoms with E-state index in [1.165, 1.54) is 58.2 Å². The number of nitrogens with one attached hydrogen (secondary N) is 1. The second-order valence-electron chi connectivity index (χ2n) is 7.74. The lowest BCUT2D eigenvalue weighted by molar-refractivity contribution is 0.0843. The minimum atomic E-state index is 0.471. The Balaban J connectivity index is 1.89. The molecule has 112 valence electrons. The summed E-state index contributed by atoms with van der Waals surface area (Å²) in [5, 5.41) is 3.86. The molecule has 2 saturated carbocycles.